The number of benzene rings is 1. The quantitative estimate of drug-likeness (QED) is 0.701. The number of ether oxygens (including phenoxy) is 2. The highest BCUT2D eigenvalue weighted by Gasteiger charge is 2.07. The van der Waals surface area contributed by atoms with Gasteiger partial charge in [0.15, 0.2) is 0 Å². The third-order valence-electron chi connectivity index (χ3n) is 3.16. The molecule has 1 aromatic rings. The number of nitrogens with one attached hydrogen (secondary N) is 1. The van der Waals surface area contributed by atoms with Crippen molar-refractivity contribution < 1.29 is 9.47 Å². The molecular formula is C18H31NO2. The van der Waals surface area contributed by atoms with Gasteiger partial charge in [0.1, 0.15) is 12.4 Å². The Kier molecular flexibility index (Phi) is 7.76. The second-order valence-corrected chi connectivity index (χ2v) is 6.41. The molecule has 0 atom stereocenters. The predicted molar refractivity (Wildman–Crippen MR) is 89.0 cm³/mol. The molecule has 120 valence electrons. The van der Waals surface area contributed by atoms with E-state index in [0.29, 0.717) is 25.2 Å². The first-order chi connectivity index (χ1) is 9.90. The summed E-state index contributed by atoms with van der Waals surface area (Å²) in [5.74, 6) is 1.57. The zero-order chi connectivity index (χ0) is 15.8. The monoisotopic (exact) mass is 293 g/mol. The lowest BCUT2D eigenvalue weighted by Crippen LogP contribution is -2.22. The second kappa shape index (κ2) is 9.06. The van der Waals surface area contributed by atoms with E-state index in [1.165, 1.54) is 16.7 Å². The minimum atomic E-state index is 0.500. The highest BCUT2D eigenvalue weighted by atomic mass is 16.5. The van der Waals surface area contributed by atoms with Crippen LogP contribution in [0.2, 0.25) is 0 Å². The molecule has 0 aliphatic rings. The van der Waals surface area contributed by atoms with Gasteiger partial charge in [0.05, 0.1) is 6.61 Å². The molecule has 3 heteroatoms. The third-order valence-corrected chi connectivity index (χ3v) is 3.16. The molecule has 0 spiro atoms. The molecule has 1 N–H and O–H groups in total. The van der Waals surface area contributed by atoms with Crippen LogP contribution in [0.1, 0.15) is 44.4 Å². The Hall–Kier alpha value is -1.06. The van der Waals surface area contributed by atoms with E-state index in [1.807, 2.05) is 0 Å². The van der Waals surface area contributed by atoms with Gasteiger partial charge >= 0.3 is 0 Å². The fourth-order valence-corrected chi connectivity index (χ4v) is 2.21. The van der Waals surface area contributed by atoms with Gasteiger partial charge < -0.3 is 14.8 Å². The van der Waals surface area contributed by atoms with Crippen LogP contribution in [-0.4, -0.2) is 25.9 Å². The maximum Gasteiger partial charge on any atom is 0.125 e. The first-order valence-corrected chi connectivity index (χ1v) is 7.94. The van der Waals surface area contributed by atoms with Crippen molar-refractivity contribution in [1.82, 2.24) is 5.32 Å². The lowest BCUT2D eigenvalue weighted by atomic mass is 10.1. The smallest absolute Gasteiger partial charge is 0.125 e. The fraction of sp³-hybridized carbons (Fsp3) is 0.667. The summed E-state index contributed by atoms with van der Waals surface area (Å²) in [6.45, 7) is 15.8. The van der Waals surface area contributed by atoms with Crippen LogP contribution in [0.15, 0.2) is 12.1 Å². The second-order valence-electron chi connectivity index (χ2n) is 6.41. The van der Waals surface area contributed by atoms with Gasteiger partial charge in [-0.15, -0.1) is 0 Å². The lowest BCUT2D eigenvalue weighted by molar-refractivity contribution is 0.0815. The van der Waals surface area contributed by atoms with Crippen LogP contribution in [0.5, 0.6) is 5.75 Å². The van der Waals surface area contributed by atoms with E-state index in [4.69, 9.17) is 9.47 Å². The van der Waals surface area contributed by atoms with Crippen molar-refractivity contribution in [3.05, 3.63) is 28.8 Å². The van der Waals surface area contributed by atoms with Crippen molar-refractivity contribution in [3.8, 4) is 5.75 Å². The highest BCUT2D eigenvalue weighted by Crippen LogP contribution is 2.24. The van der Waals surface area contributed by atoms with E-state index in [-0.39, 0.29) is 0 Å². The molecule has 0 aromatic heterocycles. The van der Waals surface area contributed by atoms with E-state index >= 15 is 0 Å². The van der Waals surface area contributed by atoms with Crippen LogP contribution in [0.3, 0.4) is 0 Å². The topological polar surface area (TPSA) is 30.5 Å². The number of rotatable bonds is 9. The average Bonchev–Trinajstić information content (AvgIpc) is 2.38. The van der Waals surface area contributed by atoms with E-state index in [9.17, 15) is 0 Å². The summed E-state index contributed by atoms with van der Waals surface area (Å²) < 4.78 is 11.4. The summed E-state index contributed by atoms with van der Waals surface area (Å²) in [7, 11) is 0. The zero-order valence-corrected chi connectivity index (χ0v) is 14.5. The molecule has 0 fully saturated rings. The Morgan fingerprint density at radius 3 is 2.14 bits per heavy atom. The van der Waals surface area contributed by atoms with E-state index in [1.54, 1.807) is 0 Å². The first-order valence-electron chi connectivity index (χ1n) is 7.94. The van der Waals surface area contributed by atoms with Gasteiger partial charge in [0, 0.05) is 19.2 Å². The molecule has 1 rings (SSSR count). The Morgan fingerprint density at radius 2 is 1.62 bits per heavy atom. The van der Waals surface area contributed by atoms with E-state index < -0.39 is 0 Å². The van der Waals surface area contributed by atoms with Crippen molar-refractivity contribution in [3.63, 3.8) is 0 Å². The van der Waals surface area contributed by atoms with Gasteiger partial charge in [-0.1, -0.05) is 39.8 Å². The Balaban J connectivity index is 2.51. The third kappa shape index (κ3) is 6.96. The standard InChI is InChI=1S/C18H31NO2/c1-13(2)12-20-7-8-21-18-15(5)9-17(10-16(18)6)11-19-14(3)4/h9-10,13-14,19H,7-8,11-12H2,1-6H3. The van der Waals surface area contributed by atoms with Crippen molar-refractivity contribution in [2.45, 2.75) is 54.1 Å². The van der Waals surface area contributed by atoms with Crippen LogP contribution in [0.25, 0.3) is 0 Å². The Labute approximate surface area is 130 Å². The zero-order valence-electron chi connectivity index (χ0n) is 14.5. The minimum absolute atomic E-state index is 0.500. The average molecular weight is 293 g/mol. The molecule has 0 heterocycles. The number of hydrogen-bond donors (Lipinski definition) is 1. The molecule has 3 nitrogen and oxygen atoms in total. The van der Waals surface area contributed by atoms with Gasteiger partial charge in [0.2, 0.25) is 0 Å². The van der Waals surface area contributed by atoms with Crippen molar-refractivity contribution in [2.75, 3.05) is 19.8 Å². The predicted octanol–water partition coefficient (Wildman–Crippen LogP) is 3.85. The van der Waals surface area contributed by atoms with Crippen LogP contribution < -0.4 is 10.1 Å². The van der Waals surface area contributed by atoms with Crippen molar-refractivity contribution in [2.24, 2.45) is 5.92 Å². The summed E-state index contributed by atoms with van der Waals surface area (Å²) in [6, 6.07) is 4.90. The van der Waals surface area contributed by atoms with Gasteiger partial charge in [0.25, 0.3) is 0 Å². The summed E-state index contributed by atoms with van der Waals surface area (Å²) in [6.07, 6.45) is 0. The highest BCUT2D eigenvalue weighted by molar-refractivity contribution is 5.43. The Bertz CT molecular complexity index is 404. The largest absolute Gasteiger partial charge is 0.491 e. The van der Waals surface area contributed by atoms with Gasteiger partial charge in [-0.2, -0.15) is 0 Å². The molecule has 1 aromatic carbocycles. The van der Waals surface area contributed by atoms with Crippen molar-refractivity contribution >= 4 is 0 Å². The maximum atomic E-state index is 5.88. The summed E-state index contributed by atoms with van der Waals surface area (Å²) in [5.41, 5.74) is 3.70. The molecule has 0 aliphatic carbocycles. The van der Waals surface area contributed by atoms with Gasteiger partial charge in [-0.05, 0) is 36.5 Å². The fourth-order valence-electron chi connectivity index (χ4n) is 2.21. The van der Waals surface area contributed by atoms with E-state index in [0.717, 1.165) is 18.9 Å². The molecule has 21 heavy (non-hydrogen) atoms. The van der Waals surface area contributed by atoms with Crippen LogP contribution in [0, 0.1) is 19.8 Å². The Morgan fingerprint density at radius 1 is 1.00 bits per heavy atom. The summed E-state index contributed by atoms with van der Waals surface area (Å²) in [5, 5.41) is 3.45. The molecule has 0 unspecified atom stereocenters. The number of aryl methyl sites for hydroxylation is 2. The number of hydrogen-bond acceptors (Lipinski definition) is 3. The molecule has 0 amide bonds. The SMILES string of the molecule is Cc1cc(CNC(C)C)cc(C)c1OCCOCC(C)C. The minimum Gasteiger partial charge on any atom is -0.491 e. The normalized spacial score (nSPS) is 11.4. The van der Waals surface area contributed by atoms with Crippen LogP contribution >= 0.6 is 0 Å². The molecule has 0 saturated carbocycles. The van der Waals surface area contributed by atoms with Crippen LogP contribution in [0.4, 0.5) is 0 Å². The molecular weight excluding hydrogens is 262 g/mol. The molecule has 0 saturated heterocycles. The summed E-state index contributed by atoms with van der Waals surface area (Å²) in [4.78, 5) is 0. The molecule has 0 aliphatic heterocycles. The summed E-state index contributed by atoms with van der Waals surface area (Å²) >= 11 is 0. The molecule has 0 bridgehead atoms. The lowest BCUT2D eigenvalue weighted by Gasteiger charge is -2.15. The maximum absolute atomic E-state index is 5.88. The van der Waals surface area contributed by atoms with Crippen molar-refractivity contribution in [1.29, 1.82) is 0 Å². The van der Waals surface area contributed by atoms with Crippen LogP contribution in [-0.2, 0) is 11.3 Å². The van der Waals surface area contributed by atoms with Gasteiger partial charge in [-0.3, -0.25) is 0 Å². The van der Waals surface area contributed by atoms with Gasteiger partial charge in [-0.25, -0.2) is 0 Å². The molecule has 0 radical (unpaired) electrons. The first kappa shape index (κ1) is 18.0. The van der Waals surface area contributed by atoms with E-state index in [2.05, 4.69) is 59.0 Å².